The predicted octanol–water partition coefficient (Wildman–Crippen LogP) is 2.97. The average Bonchev–Trinajstić information content (AvgIpc) is 2.20. The van der Waals surface area contributed by atoms with E-state index in [0.717, 1.165) is 18.6 Å². The van der Waals surface area contributed by atoms with E-state index in [4.69, 9.17) is 4.74 Å². The molecule has 1 atom stereocenters. The highest BCUT2D eigenvalue weighted by Gasteiger charge is 2.30. The molecule has 90 valence electrons. The van der Waals surface area contributed by atoms with E-state index in [1.807, 2.05) is 0 Å². The van der Waals surface area contributed by atoms with Crippen LogP contribution in [0.4, 0.5) is 0 Å². The van der Waals surface area contributed by atoms with Gasteiger partial charge in [-0.25, -0.2) is 0 Å². The van der Waals surface area contributed by atoms with Crippen LogP contribution < -0.4 is 5.32 Å². The molecule has 0 aromatic rings. The Morgan fingerprint density at radius 1 is 1.27 bits per heavy atom. The van der Waals surface area contributed by atoms with Crippen molar-refractivity contribution in [1.29, 1.82) is 0 Å². The second-order valence-corrected chi connectivity index (χ2v) is 4.71. The van der Waals surface area contributed by atoms with Gasteiger partial charge in [-0.05, 0) is 51.5 Å². The van der Waals surface area contributed by atoms with Crippen LogP contribution in [0.2, 0.25) is 0 Å². The molecule has 0 aromatic carbocycles. The van der Waals surface area contributed by atoms with Crippen molar-refractivity contribution >= 4 is 0 Å². The van der Waals surface area contributed by atoms with Crippen LogP contribution in [0.5, 0.6) is 0 Å². The van der Waals surface area contributed by atoms with Gasteiger partial charge < -0.3 is 10.1 Å². The van der Waals surface area contributed by atoms with Crippen LogP contribution in [0.15, 0.2) is 0 Å². The Morgan fingerprint density at radius 2 is 2.00 bits per heavy atom. The van der Waals surface area contributed by atoms with Crippen molar-refractivity contribution in [2.24, 2.45) is 5.92 Å². The summed E-state index contributed by atoms with van der Waals surface area (Å²) in [5, 5.41) is 3.62. The third-order valence-electron chi connectivity index (χ3n) is 3.39. The molecule has 0 aliphatic heterocycles. The van der Waals surface area contributed by atoms with E-state index in [1.165, 1.54) is 38.6 Å². The first kappa shape index (κ1) is 13.0. The lowest BCUT2D eigenvalue weighted by Gasteiger charge is -2.37. The molecule has 1 unspecified atom stereocenters. The van der Waals surface area contributed by atoms with Crippen molar-refractivity contribution in [3.05, 3.63) is 0 Å². The molecule has 0 amide bonds. The maximum Gasteiger partial charge on any atom is 0.0580 e. The van der Waals surface area contributed by atoms with Gasteiger partial charge in [0.05, 0.1) is 6.10 Å². The monoisotopic (exact) mass is 213 g/mol. The highest BCUT2D eigenvalue weighted by Crippen LogP contribution is 2.33. The van der Waals surface area contributed by atoms with Crippen molar-refractivity contribution in [3.63, 3.8) is 0 Å². The average molecular weight is 213 g/mol. The van der Waals surface area contributed by atoms with Crippen LogP contribution in [0.25, 0.3) is 0 Å². The minimum Gasteiger partial charge on any atom is -0.378 e. The lowest BCUT2D eigenvalue weighted by molar-refractivity contribution is -0.0291. The van der Waals surface area contributed by atoms with E-state index in [2.05, 4.69) is 26.1 Å². The Bertz CT molecular complexity index is 155. The maximum atomic E-state index is 5.58. The topological polar surface area (TPSA) is 21.3 Å². The first-order valence-electron chi connectivity index (χ1n) is 6.65. The van der Waals surface area contributed by atoms with Crippen LogP contribution in [-0.4, -0.2) is 25.3 Å². The Kier molecular flexibility index (Phi) is 6.26. The SMILES string of the molecule is CCCNC(CC)CC1CC(OCC)C1. The lowest BCUT2D eigenvalue weighted by atomic mass is 9.78. The van der Waals surface area contributed by atoms with Gasteiger partial charge in [-0.2, -0.15) is 0 Å². The van der Waals surface area contributed by atoms with E-state index < -0.39 is 0 Å². The summed E-state index contributed by atoms with van der Waals surface area (Å²) in [6, 6.07) is 0.734. The molecule has 0 spiro atoms. The summed E-state index contributed by atoms with van der Waals surface area (Å²) in [4.78, 5) is 0. The number of rotatable bonds is 8. The molecule has 1 saturated carbocycles. The van der Waals surface area contributed by atoms with Gasteiger partial charge in [0.2, 0.25) is 0 Å². The summed E-state index contributed by atoms with van der Waals surface area (Å²) < 4.78 is 5.58. The van der Waals surface area contributed by atoms with Crippen molar-refractivity contribution in [2.45, 2.75) is 65.0 Å². The van der Waals surface area contributed by atoms with Crippen LogP contribution in [0, 0.1) is 5.92 Å². The third-order valence-corrected chi connectivity index (χ3v) is 3.39. The fourth-order valence-corrected chi connectivity index (χ4v) is 2.38. The van der Waals surface area contributed by atoms with Crippen molar-refractivity contribution in [1.82, 2.24) is 5.32 Å². The van der Waals surface area contributed by atoms with E-state index in [9.17, 15) is 0 Å². The molecule has 15 heavy (non-hydrogen) atoms. The maximum absolute atomic E-state index is 5.58. The van der Waals surface area contributed by atoms with Gasteiger partial charge in [0.25, 0.3) is 0 Å². The minimum atomic E-state index is 0.573. The Balaban J connectivity index is 2.07. The van der Waals surface area contributed by atoms with Crippen LogP contribution in [0.1, 0.15) is 52.9 Å². The van der Waals surface area contributed by atoms with E-state index in [1.54, 1.807) is 0 Å². The van der Waals surface area contributed by atoms with Gasteiger partial charge in [0.1, 0.15) is 0 Å². The quantitative estimate of drug-likeness (QED) is 0.669. The largest absolute Gasteiger partial charge is 0.378 e. The fourth-order valence-electron chi connectivity index (χ4n) is 2.38. The van der Waals surface area contributed by atoms with E-state index in [0.29, 0.717) is 6.10 Å². The molecule has 0 radical (unpaired) electrons. The lowest BCUT2D eigenvalue weighted by Crippen LogP contribution is -2.38. The molecule has 1 aliphatic rings. The zero-order valence-electron chi connectivity index (χ0n) is 10.6. The molecular weight excluding hydrogens is 186 g/mol. The smallest absolute Gasteiger partial charge is 0.0580 e. The van der Waals surface area contributed by atoms with Gasteiger partial charge in [-0.15, -0.1) is 0 Å². The van der Waals surface area contributed by atoms with Crippen LogP contribution >= 0.6 is 0 Å². The standard InChI is InChI=1S/C13H27NO/c1-4-7-14-12(5-2)8-11-9-13(10-11)15-6-3/h11-14H,4-10H2,1-3H3. The first-order valence-corrected chi connectivity index (χ1v) is 6.65. The Morgan fingerprint density at radius 3 is 2.53 bits per heavy atom. The van der Waals surface area contributed by atoms with Crippen LogP contribution in [0.3, 0.4) is 0 Å². The van der Waals surface area contributed by atoms with Gasteiger partial charge in [0, 0.05) is 12.6 Å². The van der Waals surface area contributed by atoms with Crippen LogP contribution in [-0.2, 0) is 4.74 Å². The molecule has 1 aliphatic carbocycles. The zero-order chi connectivity index (χ0) is 11.1. The highest BCUT2D eigenvalue weighted by molar-refractivity contribution is 4.83. The summed E-state index contributed by atoms with van der Waals surface area (Å²) in [5.74, 6) is 0.913. The minimum absolute atomic E-state index is 0.573. The predicted molar refractivity (Wildman–Crippen MR) is 65.1 cm³/mol. The fraction of sp³-hybridized carbons (Fsp3) is 1.00. The molecule has 2 heteroatoms. The molecule has 1 rings (SSSR count). The number of hydrogen-bond acceptors (Lipinski definition) is 2. The second kappa shape index (κ2) is 7.24. The molecular formula is C13H27NO. The second-order valence-electron chi connectivity index (χ2n) is 4.71. The summed E-state index contributed by atoms with van der Waals surface area (Å²) in [7, 11) is 0. The van der Waals surface area contributed by atoms with Gasteiger partial charge in [0.15, 0.2) is 0 Å². The van der Waals surface area contributed by atoms with Gasteiger partial charge >= 0.3 is 0 Å². The van der Waals surface area contributed by atoms with E-state index >= 15 is 0 Å². The number of hydrogen-bond donors (Lipinski definition) is 1. The molecule has 0 heterocycles. The summed E-state index contributed by atoms with van der Waals surface area (Å²) in [6.07, 6.45) is 7.00. The molecule has 1 fully saturated rings. The molecule has 1 N–H and O–H groups in total. The zero-order valence-corrected chi connectivity index (χ0v) is 10.6. The third kappa shape index (κ3) is 4.52. The van der Waals surface area contributed by atoms with Crippen molar-refractivity contribution < 1.29 is 4.74 Å². The van der Waals surface area contributed by atoms with E-state index in [-0.39, 0.29) is 0 Å². The number of ether oxygens (including phenoxy) is 1. The normalized spacial score (nSPS) is 27.4. The summed E-state index contributed by atoms with van der Waals surface area (Å²) in [5.41, 5.74) is 0. The first-order chi connectivity index (χ1) is 7.30. The molecule has 0 saturated heterocycles. The van der Waals surface area contributed by atoms with Crippen molar-refractivity contribution in [2.75, 3.05) is 13.2 Å². The Hall–Kier alpha value is -0.0800. The van der Waals surface area contributed by atoms with Gasteiger partial charge in [-0.1, -0.05) is 13.8 Å². The van der Waals surface area contributed by atoms with Crippen molar-refractivity contribution in [3.8, 4) is 0 Å². The molecule has 0 aromatic heterocycles. The highest BCUT2D eigenvalue weighted by atomic mass is 16.5. The van der Waals surface area contributed by atoms with Gasteiger partial charge in [-0.3, -0.25) is 0 Å². The Labute approximate surface area is 94.8 Å². The number of nitrogens with one attached hydrogen (secondary N) is 1. The molecule has 0 bridgehead atoms. The summed E-state index contributed by atoms with van der Waals surface area (Å²) >= 11 is 0. The molecule has 2 nitrogen and oxygen atoms in total. The summed E-state index contributed by atoms with van der Waals surface area (Å²) in [6.45, 7) is 8.65.